The summed E-state index contributed by atoms with van der Waals surface area (Å²) in [5, 5.41) is 2.83. The second-order valence-corrected chi connectivity index (χ2v) is 2.64. The lowest BCUT2D eigenvalue weighted by Crippen LogP contribution is -2.02. The number of methoxy groups -OCH3 is 1. The van der Waals surface area contributed by atoms with E-state index < -0.39 is 11.6 Å². The van der Waals surface area contributed by atoms with Crippen LogP contribution in [0.3, 0.4) is 0 Å². The van der Waals surface area contributed by atoms with Crippen molar-refractivity contribution in [1.82, 2.24) is 0 Å². The van der Waals surface area contributed by atoms with E-state index in [2.05, 4.69) is 11.9 Å². The average molecular weight is 199 g/mol. The van der Waals surface area contributed by atoms with Crippen LogP contribution in [0.15, 0.2) is 24.8 Å². The Bertz CT molecular complexity index is 339. The zero-order valence-electron chi connectivity index (χ0n) is 7.81. The highest BCUT2D eigenvalue weighted by molar-refractivity contribution is 5.57. The van der Waals surface area contributed by atoms with Gasteiger partial charge in [0.15, 0.2) is 11.6 Å². The molecule has 76 valence electrons. The van der Waals surface area contributed by atoms with Crippen molar-refractivity contribution in [2.24, 2.45) is 0 Å². The lowest BCUT2D eigenvalue weighted by molar-refractivity contribution is 0.408. The highest BCUT2D eigenvalue weighted by Crippen LogP contribution is 2.26. The molecule has 0 aliphatic rings. The van der Waals surface area contributed by atoms with E-state index in [1.807, 2.05) is 0 Å². The van der Waals surface area contributed by atoms with Crippen LogP contribution < -0.4 is 10.1 Å². The number of rotatable bonds is 4. The predicted octanol–water partition coefficient (Wildman–Crippen LogP) is 2.57. The molecule has 0 saturated heterocycles. The first kappa shape index (κ1) is 10.5. The molecule has 1 aromatic rings. The Hall–Kier alpha value is -1.58. The molecule has 0 atom stereocenters. The highest BCUT2D eigenvalue weighted by atomic mass is 19.2. The summed E-state index contributed by atoms with van der Waals surface area (Å²) < 4.78 is 30.5. The number of benzene rings is 1. The van der Waals surface area contributed by atoms with Crippen molar-refractivity contribution in [3.8, 4) is 5.75 Å². The zero-order chi connectivity index (χ0) is 10.6. The van der Waals surface area contributed by atoms with E-state index in [1.165, 1.54) is 7.11 Å². The van der Waals surface area contributed by atoms with E-state index in [1.54, 1.807) is 6.08 Å². The first-order valence-electron chi connectivity index (χ1n) is 4.07. The minimum atomic E-state index is -0.925. The van der Waals surface area contributed by atoms with Gasteiger partial charge in [0, 0.05) is 18.7 Å². The third kappa shape index (κ3) is 2.22. The van der Waals surface area contributed by atoms with E-state index in [-0.39, 0.29) is 5.75 Å². The molecule has 0 fully saturated rings. The maximum atomic E-state index is 12.8. The summed E-state index contributed by atoms with van der Waals surface area (Å²) in [4.78, 5) is 0. The van der Waals surface area contributed by atoms with Gasteiger partial charge in [-0.1, -0.05) is 6.08 Å². The monoisotopic (exact) mass is 199 g/mol. The van der Waals surface area contributed by atoms with Crippen LogP contribution in [0, 0.1) is 11.6 Å². The van der Waals surface area contributed by atoms with Gasteiger partial charge in [-0.15, -0.1) is 6.58 Å². The molecule has 14 heavy (non-hydrogen) atoms. The summed E-state index contributed by atoms with van der Waals surface area (Å²) in [6.45, 7) is 3.96. The molecular formula is C10H11F2NO. The summed E-state index contributed by atoms with van der Waals surface area (Å²) >= 11 is 0. The third-order valence-electron chi connectivity index (χ3n) is 1.68. The van der Waals surface area contributed by atoms with Crippen LogP contribution in [-0.4, -0.2) is 13.7 Å². The van der Waals surface area contributed by atoms with Crippen molar-refractivity contribution in [2.45, 2.75) is 0 Å². The number of ether oxygens (including phenoxy) is 1. The van der Waals surface area contributed by atoms with Gasteiger partial charge in [-0.3, -0.25) is 0 Å². The van der Waals surface area contributed by atoms with Gasteiger partial charge in [0.25, 0.3) is 0 Å². The molecule has 1 rings (SSSR count). The minimum Gasteiger partial charge on any atom is -0.494 e. The average Bonchev–Trinajstić information content (AvgIpc) is 2.19. The van der Waals surface area contributed by atoms with Crippen LogP contribution in [0.4, 0.5) is 14.5 Å². The molecule has 2 nitrogen and oxygen atoms in total. The SMILES string of the molecule is C=CCNc1cc(F)c(F)cc1OC. The Morgan fingerprint density at radius 1 is 1.43 bits per heavy atom. The molecule has 0 aliphatic heterocycles. The van der Waals surface area contributed by atoms with Crippen molar-refractivity contribution in [2.75, 3.05) is 19.0 Å². The van der Waals surface area contributed by atoms with Crippen molar-refractivity contribution >= 4 is 5.69 Å². The van der Waals surface area contributed by atoms with Gasteiger partial charge in [0.05, 0.1) is 12.8 Å². The summed E-state index contributed by atoms with van der Waals surface area (Å²) in [6, 6.07) is 2.05. The van der Waals surface area contributed by atoms with E-state index in [0.717, 1.165) is 12.1 Å². The zero-order valence-corrected chi connectivity index (χ0v) is 7.81. The number of hydrogen-bond donors (Lipinski definition) is 1. The molecule has 0 unspecified atom stereocenters. The Labute approximate surface area is 81.2 Å². The molecule has 0 aliphatic carbocycles. The van der Waals surface area contributed by atoms with Crippen molar-refractivity contribution in [3.05, 3.63) is 36.4 Å². The highest BCUT2D eigenvalue weighted by Gasteiger charge is 2.09. The molecule has 1 N–H and O–H groups in total. The minimum absolute atomic E-state index is 0.269. The van der Waals surface area contributed by atoms with Crippen LogP contribution in [0.25, 0.3) is 0 Å². The van der Waals surface area contributed by atoms with Crippen LogP contribution >= 0.6 is 0 Å². The number of halogens is 2. The lowest BCUT2D eigenvalue weighted by atomic mass is 10.2. The quantitative estimate of drug-likeness (QED) is 0.752. The standard InChI is InChI=1S/C10H11F2NO/c1-3-4-13-9-5-7(11)8(12)6-10(9)14-2/h3,5-6,13H,1,4H2,2H3. The molecule has 0 spiro atoms. The molecule has 0 heterocycles. The van der Waals surface area contributed by atoms with E-state index in [4.69, 9.17) is 4.74 Å². The molecule has 0 bridgehead atoms. The van der Waals surface area contributed by atoms with Gasteiger partial charge in [-0.25, -0.2) is 8.78 Å². The van der Waals surface area contributed by atoms with E-state index >= 15 is 0 Å². The van der Waals surface area contributed by atoms with E-state index in [0.29, 0.717) is 12.2 Å². The van der Waals surface area contributed by atoms with Gasteiger partial charge in [0.2, 0.25) is 0 Å². The molecular weight excluding hydrogens is 188 g/mol. The maximum Gasteiger partial charge on any atom is 0.162 e. The van der Waals surface area contributed by atoms with Crippen molar-refractivity contribution in [1.29, 1.82) is 0 Å². The van der Waals surface area contributed by atoms with Crippen LogP contribution in [-0.2, 0) is 0 Å². The van der Waals surface area contributed by atoms with Crippen LogP contribution in [0.2, 0.25) is 0 Å². The van der Waals surface area contributed by atoms with Crippen LogP contribution in [0.1, 0.15) is 0 Å². The van der Waals surface area contributed by atoms with Gasteiger partial charge in [0.1, 0.15) is 5.75 Å². The summed E-state index contributed by atoms with van der Waals surface area (Å²) in [5.74, 6) is -1.56. The molecule has 0 aromatic heterocycles. The lowest BCUT2D eigenvalue weighted by Gasteiger charge is -2.09. The predicted molar refractivity (Wildman–Crippen MR) is 51.6 cm³/mol. The fraction of sp³-hybridized carbons (Fsp3) is 0.200. The van der Waals surface area contributed by atoms with Crippen molar-refractivity contribution in [3.63, 3.8) is 0 Å². The Morgan fingerprint density at radius 2 is 2.07 bits per heavy atom. The fourth-order valence-corrected chi connectivity index (χ4v) is 1.02. The van der Waals surface area contributed by atoms with E-state index in [9.17, 15) is 8.78 Å². The first-order chi connectivity index (χ1) is 6.69. The molecule has 0 amide bonds. The smallest absolute Gasteiger partial charge is 0.162 e. The van der Waals surface area contributed by atoms with Gasteiger partial charge in [-0.2, -0.15) is 0 Å². The largest absolute Gasteiger partial charge is 0.494 e. The first-order valence-corrected chi connectivity index (χ1v) is 4.07. The molecule has 4 heteroatoms. The summed E-state index contributed by atoms with van der Waals surface area (Å²) in [5.41, 5.74) is 0.409. The number of anilines is 1. The normalized spacial score (nSPS) is 9.64. The van der Waals surface area contributed by atoms with Gasteiger partial charge in [-0.05, 0) is 0 Å². The third-order valence-corrected chi connectivity index (χ3v) is 1.68. The Kier molecular flexibility index (Phi) is 3.45. The van der Waals surface area contributed by atoms with Gasteiger partial charge < -0.3 is 10.1 Å². The number of hydrogen-bond acceptors (Lipinski definition) is 2. The maximum absolute atomic E-state index is 12.8. The fourth-order valence-electron chi connectivity index (χ4n) is 1.02. The summed E-state index contributed by atoms with van der Waals surface area (Å²) in [7, 11) is 1.39. The summed E-state index contributed by atoms with van der Waals surface area (Å²) in [6.07, 6.45) is 1.61. The Morgan fingerprint density at radius 3 is 2.64 bits per heavy atom. The second-order valence-electron chi connectivity index (χ2n) is 2.64. The topological polar surface area (TPSA) is 21.3 Å². The number of nitrogens with one attached hydrogen (secondary N) is 1. The van der Waals surface area contributed by atoms with Crippen molar-refractivity contribution < 1.29 is 13.5 Å². The molecule has 0 radical (unpaired) electrons. The molecule has 0 saturated carbocycles. The second kappa shape index (κ2) is 4.60. The van der Waals surface area contributed by atoms with Gasteiger partial charge >= 0.3 is 0 Å². The molecule has 1 aromatic carbocycles. The Balaban J connectivity index is 3.00. The van der Waals surface area contributed by atoms with Crippen LogP contribution in [0.5, 0.6) is 5.75 Å².